The van der Waals surface area contributed by atoms with Crippen LogP contribution in [0.3, 0.4) is 0 Å². The topological polar surface area (TPSA) is 68.3 Å². The fraction of sp³-hybridized carbons (Fsp3) is 0.389. The van der Waals surface area contributed by atoms with Gasteiger partial charge in [-0.05, 0) is 97.7 Å². The Labute approximate surface area is 257 Å². The zero-order valence-electron chi connectivity index (χ0n) is 25.4. The van der Waals surface area contributed by atoms with Gasteiger partial charge in [-0.25, -0.2) is 0 Å². The Morgan fingerprint density at radius 2 is 1.16 bits per heavy atom. The molecule has 7 nitrogen and oxygen atoms in total. The summed E-state index contributed by atoms with van der Waals surface area (Å²) in [6.45, 7) is 11.8. The highest BCUT2D eigenvalue weighted by atomic mass is 15.1. The predicted octanol–water partition coefficient (Wildman–Crippen LogP) is 4.71. The van der Waals surface area contributed by atoms with Gasteiger partial charge in [0.05, 0.1) is 11.4 Å². The average Bonchev–Trinajstić information content (AvgIpc) is 3.04. The Balaban J connectivity index is 1.25. The Hall–Kier alpha value is -3.46. The molecular formula is C36H47N7. The third-order valence-electron chi connectivity index (χ3n) is 7.84. The van der Waals surface area contributed by atoms with Crippen LogP contribution in [0.4, 0.5) is 0 Å². The molecule has 0 aliphatic carbocycles. The summed E-state index contributed by atoms with van der Waals surface area (Å²) in [5, 5.41) is 10.7. The molecule has 3 heterocycles. The minimum Gasteiger partial charge on any atom is -0.315 e. The van der Waals surface area contributed by atoms with Crippen LogP contribution < -0.4 is 16.0 Å². The van der Waals surface area contributed by atoms with Crippen LogP contribution in [0.2, 0.25) is 0 Å². The molecule has 0 amide bonds. The van der Waals surface area contributed by atoms with Gasteiger partial charge in [-0.1, -0.05) is 48.5 Å². The Morgan fingerprint density at radius 1 is 0.558 bits per heavy atom. The summed E-state index contributed by atoms with van der Waals surface area (Å²) in [4.78, 5) is 14.2. The van der Waals surface area contributed by atoms with Crippen molar-refractivity contribution in [3.63, 3.8) is 0 Å². The fourth-order valence-corrected chi connectivity index (χ4v) is 5.65. The second kappa shape index (κ2) is 17.6. The molecule has 2 aromatic heterocycles. The van der Waals surface area contributed by atoms with Crippen molar-refractivity contribution in [2.24, 2.45) is 0 Å². The van der Waals surface area contributed by atoms with E-state index in [9.17, 15) is 0 Å². The number of nitrogens with zero attached hydrogens (tertiary/aromatic N) is 4. The number of aromatic nitrogens is 2. The summed E-state index contributed by atoms with van der Waals surface area (Å²) in [7, 11) is 0. The van der Waals surface area contributed by atoms with Crippen LogP contribution in [0, 0.1) is 0 Å². The molecule has 4 aromatic rings. The molecule has 3 N–H and O–H groups in total. The highest BCUT2D eigenvalue weighted by Gasteiger charge is 2.12. The molecule has 1 fully saturated rings. The molecular weight excluding hydrogens is 530 g/mol. The van der Waals surface area contributed by atoms with Crippen LogP contribution in [0.25, 0.3) is 11.1 Å². The zero-order valence-corrected chi connectivity index (χ0v) is 25.4. The van der Waals surface area contributed by atoms with Crippen LogP contribution in [0.5, 0.6) is 0 Å². The molecule has 7 heteroatoms. The smallest absolute Gasteiger partial charge is 0.0544 e. The molecule has 1 aliphatic rings. The van der Waals surface area contributed by atoms with Crippen LogP contribution >= 0.6 is 0 Å². The Morgan fingerprint density at radius 3 is 1.81 bits per heavy atom. The lowest BCUT2D eigenvalue weighted by atomic mass is 10.0. The van der Waals surface area contributed by atoms with E-state index in [1.165, 1.54) is 28.7 Å². The second-order valence-corrected chi connectivity index (χ2v) is 11.4. The standard InChI is InChI=1S/C36H47N7/c1-3-18-40-35(13-1)29-43(30-36-14-2-4-19-41-36)28-32-10-6-12-34(26-32)33-11-5-9-31(25-33)27-42-23-8-17-38-21-20-37-15-7-16-39-22-24-42/h1-6,9-14,18-19,25-26,37-39H,7-8,15-17,20-24,27-30H2. The molecule has 43 heavy (non-hydrogen) atoms. The van der Waals surface area contributed by atoms with E-state index in [0.29, 0.717) is 0 Å². The average molecular weight is 578 g/mol. The van der Waals surface area contributed by atoms with Gasteiger partial charge in [-0.3, -0.25) is 19.8 Å². The van der Waals surface area contributed by atoms with E-state index in [1.807, 2.05) is 24.5 Å². The van der Waals surface area contributed by atoms with E-state index in [4.69, 9.17) is 0 Å². The van der Waals surface area contributed by atoms with Crippen molar-refractivity contribution in [2.75, 3.05) is 52.4 Å². The number of rotatable bonds is 9. The fourth-order valence-electron chi connectivity index (χ4n) is 5.65. The van der Waals surface area contributed by atoms with Crippen molar-refractivity contribution in [3.8, 4) is 11.1 Å². The first-order valence-corrected chi connectivity index (χ1v) is 15.9. The van der Waals surface area contributed by atoms with E-state index >= 15 is 0 Å². The third-order valence-corrected chi connectivity index (χ3v) is 7.84. The van der Waals surface area contributed by atoms with Crippen molar-refractivity contribution < 1.29 is 0 Å². The van der Waals surface area contributed by atoms with Crippen molar-refractivity contribution in [3.05, 3.63) is 120 Å². The molecule has 0 radical (unpaired) electrons. The maximum atomic E-state index is 4.59. The van der Waals surface area contributed by atoms with E-state index < -0.39 is 0 Å². The maximum absolute atomic E-state index is 4.59. The van der Waals surface area contributed by atoms with Crippen LogP contribution in [0.15, 0.2) is 97.3 Å². The van der Waals surface area contributed by atoms with Crippen molar-refractivity contribution in [1.29, 1.82) is 0 Å². The van der Waals surface area contributed by atoms with E-state index in [2.05, 4.69) is 109 Å². The number of nitrogens with one attached hydrogen (secondary N) is 3. The van der Waals surface area contributed by atoms with Gasteiger partial charge in [0.15, 0.2) is 0 Å². The number of benzene rings is 2. The predicted molar refractivity (Wildman–Crippen MR) is 176 cm³/mol. The minimum atomic E-state index is 0.772. The Bertz CT molecular complexity index is 1280. The quantitative estimate of drug-likeness (QED) is 0.266. The van der Waals surface area contributed by atoms with Gasteiger partial charge in [-0.15, -0.1) is 0 Å². The van der Waals surface area contributed by atoms with Crippen LogP contribution in [0.1, 0.15) is 35.4 Å². The summed E-state index contributed by atoms with van der Waals surface area (Å²) in [5.74, 6) is 0. The number of hydrogen-bond donors (Lipinski definition) is 3. The highest BCUT2D eigenvalue weighted by molar-refractivity contribution is 5.65. The summed E-state index contributed by atoms with van der Waals surface area (Å²) >= 11 is 0. The summed E-state index contributed by atoms with van der Waals surface area (Å²) in [6, 6.07) is 30.3. The van der Waals surface area contributed by atoms with Crippen molar-refractivity contribution in [1.82, 2.24) is 35.7 Å². The molecule has 5 rings (SSSR count). The normalized spacial score (nSPS) is 16.1. The molecule has 0 unspecified atom stereocenters. The second-order valence-electron chi connectivity index (χ2n) is 11.4. The molecule has 1 aliphatic heterocycles. The van der Waals surface area contributed by atoms with Crippen molar-refractivity contribution in [2.45, 2.75) is 39.0 Å². The molecule has 0 atom stereocenters. The first-order chi connectivity index (χ1) is 21.3. The van der Waals surface area contributed by atoms with Gasteiger partial charge in [0.2, 0.25) is 0 Å². The van der Waals surface area contributed by atoms with E-state index in [1.54, 1.807) is 0 Å². The summed E-state index contributed by atoms with van der Waals surface area (Å²) in [5.41, 5.74) is 7.33. The number of pyridine rings is 2. The third kappa shape index (κ3) is 11.0. The monoisotopic (exact) mass is 577 g/mol. The first kappa shape index (κ1) is 31.0. The number of hydrogen-bond acceptors (Lipinski definition) is 7. The molecule has 0 bridgehead atoms. The van der Waals surface area contributed by atoms with Crippen LogP contribution in [-0.2, 0) is 26.2 Å². The first-order valence-electron chi connectivity index (χ1n) is 15.9. The molecule has 0 spiro atoms. The summed E-state index contributed by atoms with van der Waals surface area (Å²) in [6.07, 6.45) is 6.07. The van der Waals surface area contributed by atoms with E-state index in [0.717, 1.165) is 96.3 Å². The zero-order chi connectivity index (χ0) is 29.4. The van der Waals surface area contributed by atoms with Gasteiger partial charge >= 0.3 is 0 Å². The lowest BCUT2D eigenvalue weighted by Gasteiger charge is -2.24. The largest absolute Gasteiger partial charge is 0.315 e. The lowest BCUT2D eigenvalue weighted by Crippen LogP contribution is -2.36. The minimum absolute atomic E-state index is 0.772. The van der Waals surface area contributed by atoms with Gasteiger partial charge in [0.25, 0.3) is 0 Å². The van der Waals surface area contributed by atoms with Gasteiger partial charge < -0.3 is 16.0 Å². The summed E-state index contributed by atoms with van der Waals surface area (Å²) < 4.78 is 0. The van der Waals surface area contributed by atoms with Crippen LogP contribution in [-0.4, -0.2) is 72.1 Å². The maximum Gasteiger partial charge on any atom is 0.0544 e. The Kier molecular flexibility index (Phi) is 12.7. The SMILES string of the molecule is c1ccc(CN(Cc2cccc(-c3cccc(CN4CCCNCCNCCCNCC4)c3)c2)Cc2ccccn2)nc1. The highest BCUT2D eigenvalue weighted by Crippen LogP contribution is 2.24. The molecule has 2 aromatic carbocycles. The molecule has 1 saturated heterocycles. The van der Waals surface area contributed by atoms with E-state index in [-0.39, 0.29) is 0 Å². The lowest BCUT2D eigenvalue weighted by molar-refractivity contribution is 0.242. The van der Waals surface area contributed by atoms with Gasteiger partial charge in [0.1, 0.15) is 0 Å². The van der Waals surface area contributed by atoms with Crippen molar-refractivity contribution >= 4 is 0 Å². The molecule has 0 saturated carbocycles. The van der Waals surface area contributed by atoms with Gasteiger partial charge in [0, 0.05) is 64.8 Å². The molecule has 226 valence electrons. The van der Waals surface area contributed by atoms with Gasteiger partial charge in [-0.2, -0.15) is 0 Å².